The predicted molar refractivity (Wildman–Crippen MR) is 77.7 cm³/mol. The second-order valence-electron chi connectivity index (χ2n) is 4.56. The Kier molecular flexibility index (Phi) is 3.46. The van der Waals surface area contributed by atoms with Crippen LogP contribution in [0.3, 0.4) is 0 Å². The predicted octanol–water partition coefficient (Wildman–Crippen LogP) is 2.80. The molecule has 3 aromatic rings. The van der Waals surface area contributed by atoms with Crippen LogP contribution < -0.4 is 10.5 Å². The average Bonchev–Trinajstić information content (AvgIpc) is 2.90. The van der Waals surface area contributed by atoms with Gasteiger partial charge >= 0.3 is 0 Å². The van der Waals surface area contributed by atoms with Gasteiger partial charge in [-0.3, -0.25) is 0 Å². The van der Waals surface area contributed by atoms with Crippen molar-refractivity contribution >= 4 is 5.82 Å². The van der Waals surface area contributed by atoms with E-state index in [1.54, 1.807) is 6.07 Å². The number of halogens is 2. The summed E-state index contributed by atoms with van der Waals surface area (Å²) in [5.74, 6) is -0.514. The van der Waals surface area contributed by atoms with Gasteiger partial charge in [0.15, 0.2) is 17.4 Å². The van der Waals surface area contributed by atoms with Gasteiger partial charge in [0.05, 0.1) is 12.8 Å². The van der Waals surface area contributed by atoms with E-state index in [0.717, 1.165) is 0 Å². The zero-order valence-electron chi connectivity index (χ0n) is 11.6. The second kappa shape index (κ2) is 5.44. The summed E-state index contributed by atoms with van der Waals surface area (Å²) in [6, 6.07) is 10.0. The summed E-state index contributed by atoms with van der Waals surface area (Å²) in [6.07, 6.45) is 0. The molecule has 112 valence electrons. The highest BCUT2D eigenvalue weighted by molar-refractivity contribution is 5.71. The maximum Gasteiger partial charge on any atom is 0.165 e. The summed E-state index contributed by atoms with van der Waals surface area (Å²) < 4.78 is 33.0. The van der Waals surface area contributed by atoms with Crippen LogP contribution in [0.25, 0.3) is 16.9 Å². The largest absolute Gasteiger partial charge is 0.494 e. The Hall–Kier alpha value is -2.96. The Balaban J connectivity index is 2.03. The number of anilines is 1. The first kappa shape index (κ1) is 14.0. The molecule has 1 heterocycles. The molecule has 0 bridgehead atoms. The molecule has 3 rings (SSSR count). The highest BCUT2D eigenvalue weighted by atomic mass is 19.1. The van der Waals surface area contributed by atoms with Gasteiger partial charge < -0.3 is 10.5 Å². The SMILES string of the molecule is COc1ccc(-c2nnn(-c3ccc(F)cc3)c2N)cc1F. The number of nitrogens with two attached hydrogens (primary N) is 1. The van der Waals surface area contributed by atoms with Gasteiger partial charge in [0, 0.05) is 5.56 Å². The monoisotopic (exact) mass is 302 g/mol. The maximum absolute atomic E-state index is 13.8. The van der Waals surface area contributed by atoms with E-state index in [0.29, 0.717) is 16.9 Å². The van der Waals surface area contributed by atoms with Crippen LogP contribution in [-0.4, -0.2) is 22.1 Å². The van der Waals surface area contributed by atoms with E-state index < -0.39 is 5.82 Å². The molecule has 1 aromatic heterocycles. The number of hydrogen-bond donors (Lipinski definition) is 1. The van der Waals surface area contributed by atoms with Gasteiger partial charge in [0.25, 0.3) is 0 Å². The first-order valence-electron chi connectivity index (χ1n) is 6.41. The molecule has 0 saturated heterocycles. The van der Waals surface area contributed by atoms with Crippen LogP contribution in [0.1, 0.15) is 0 Å². The molecule has 22 heavy (non-hydrogen) atoms. The summed E-state index contributed by atoms with van der Waals surface area (Å²) in [4.78, 5) is 0. The van der Waals surface area contributed by atoms with E-state index >= 15 is 0 Å². The third kappa shape index (κ3) is 2.37. The molecule has 7 heteroatoms. The summed E-state index contributed by atoms with van der Waals surface area (Å²) in [5, 5.41) is 7.90. The van der Waals surface area contributed by atoms with Crippen molar-refractivity contribution in [3.05, 3.63) is 54.1 Å². The van der Waals surface area contributed by atoms with E-state index in [9.17, 15) is 8.78 Å². The van der Waals surface area contributed by atoms with Gasteiger partial charge in [0.1, 0.15) is 11.5 Å². The van der Waals surface area contributed by atoms with Crippen LogP contribution in [0.15, 0.2) is 42.5 Å². The smallest absolute Gasteiger partial charge is 0.165 e. The molecule has 0 amide bonds. The van der Waals surface area contributed by atoms with Crippen molar-refractivity contribution in [3.63, 3.8) is 0 Å². The Morgan fingerprint density at radius 1 is 1.09 bits per heavy atom. The topological polar surface area (TPSA) is 66.0 Å². The lowest BCUT2D eigenvalue weighted by Gasteiger charge is -2.05. The summed E-state index contributed by atoms with van der Waals surface area (Å²) >= 11 is 0. The minimum Gasteiger partial charge on any atom is -0.494 e. The Morgan fingerprint density at radius 2 is 1.82 bits per heavy atom. The molecule has 0 radical (unpaired) electrons. The quantitative estimate of drug-likeness (QED) is 0.808. The minimum atomic E-state index is -0.518. The standard InChI is InChI=1S/C15H12F2N4O/c1-22-13-7-2-9(8-12(13)17)14-15(18)21(20-19-14)11-5-3-10(16)4-6-11/h2-8H,18H2,1H3. The van der Waals surface area contributed by atoms with E-state index in [2.05, 4.69) is 10.3 Å². The normalized spacial score (nSPS) is 10.7. The van der Waals surface area contributed by atoms with Crippen molar-refractivity contribution in [2.45, 2.75) is 0 Å². The maximum atomic E-state index is 13.8. The Bertz CT molecular complexity index is 815. The van der Waals surface area contributed by atoms with E-state index in [-0.39, 0.29) is 17.4 Å². The van der Waals surface area contributed by atoms with E-state index in [1.165, 1.54) is 48.2 Å². The molecule has 0 spiro atoms. The minimum absolute atomic E-state index is 0.133. The lowest BCUT2D eigenvalue weighted by molar-refractivity contribution is 0.386. The van der Waals surface area contributed by atoms with Crippen molar-refractivity contribution in [1.29, 1.82) is 0 Å². The van der Waals surface area contributed by atoms with Gasteiger partial charge in [-0.1, -0.05) is 5.21 Å². The van der Waals surface area contributed by atoms with Gasteiger partial charge in [-0.05, 0) is 42.5 Å². The molecule has 0 aliphatic rings. The fourth-order valence-electron chi connectivity index (χ4n) is 2.08. The number of methoxy groups -OCH3 is 1. The van der Waals surface area contributed by atoms with E-state index in [1.807, 2.05) is 0 Å². The summed E-state index contributed by atoms with van der Waals surface area (Å²) in [6.45, 7) is 0. The number of benzene rings is 2. The average molecular weight is 302 g/mol. The van der Waals surface area contributed by atoms with Gasteiger partial charge in [-0.15, -0.1) is 5.10 Å². The molecule has 0 aliphatic carbocycles. The van der Waals surface area contributed by atoms with E-state index in [4.69, 9.17) is 10.5 Å². The summed E-state index contributed by atoms with van der Waals surface area (Å²) in [7, 11) is 1.39. The summed E-state index contributed by atoms with van der Waals surface area (Å²) in [5.41, 5.74) is 7.39. The first-order valence-corrected chi connectivity index (χ1v) is 6.41. The molecule has 0 saturated carbocycles. The third-order valence-corrected chi connectivity index (χ3v) is 3.20. The molecule has 2 N–H and O–H groups in total. The number of nitrogen functional groups attached to an aromatic ring is 1. The molecule has 0 aliphatic heterocycles. The van der Waals surface area contributed by atoms with Gasteiger partial charge in [-0.2, -0.15) is 4.68 Å². The number of ether oxygens (including phenoxy) is 1. The molecular formula is C15H12F2N4O. The number of nitrogens with zero attached hydrogens (tertiary/aromatic N) is 3. The van der Waals surface area contributed by atoms with Crippen LogP contribution in [0.2, 0.25) is 0 Å². The van der Waals surface area contributed by atoms with Crippen LogP contribution in [0, 0.1) is 11.6 Å². The molecule has 5 nitrogen and oxygen atoms in total. The van der Waals surface area contributed by atoms with Crippen molar-refractivity contribution in [1.82, 2.24) is 15.0 Å². The molecule has 0 fully saturated rings. The van der Waals surface area contributed by atoms with Gasteiger partial charge in [-0.25, -0.2) is 8.78 Å². The van der Waals surface area contributed by atoms with Crippen molar-refractivity contribution in [2.24, 2.45) is 0 Å². The van der Waals surface area contributed by atoms with Crippen molar-refractivity contribution in [3.8, 4) is 22.7 Å². The van der Waals surface area contributed by atoms with Crippen molar-refractivity contribution < 1.29 is 13.5 Å². The molecular weight excluding hydrogens is 290 g/mol. The zero-order valence-corrected chi connectivity index (χ0v) is 11.6. The Labute approximate surface area is 124 Å². The second-order valence-corrected chi connectivity index (χ2v) is 4.56. The first-order chi connectivity index (χ1) is 10.6. The number of hydrogen-bond acceptors (Lipinski definition) is 4. The molecule has 0 unspecified atom stereocenters. The third-order valence-electron chi connectivity index (χ3n) is 3.20. The van der Waals surface area contributed by atoms with Gasteiger partial charge in [0.2, 0.25) is 0 Å². The van der Waals surface area contributed by atoms with Crippen molar-refractivity contribution in [2.75, 3.05) is 12.8 Å². The van der Waals surface area contributed by atoms with Crippen LogP contribution in [0.5, 0.6) is 5.75 Å². The highest BCUT2D eigenvalue weighted by Crippen LogP contribution is 2.28. The highest BCUT2D eigenvalue weighted by Gasteiger charge is 2.15. The lowest BCUT2D eigenvalue weighted by atomic mass is 10.1. The fourth-order valence-corrected chi connectivity index (χ4v) is 2.08. The molecule has 2 aromatic carbocycles. The fraction of sp³-hybridized carbons (Fsp3) is 0.0667. The molecule has 0 atom stereocenters. The van der Waals surface area contributed by atoms with Crippen LogP contribution in [-0.2, 0) is 0 Å². The van der Waals surface area contributed by atoms with Crippen LogP contribution >= 0.6 is 0 Å². The number of aromatic nitrogens is 3. The van der Waals surface area contributed by atoms with Crippen LogP contribution in [0.4, 0.5) is 14.6 Å². The number of rotatable bonds is 3. The lowest BCUT2D eigenvalue weighted by Crippen LogP contribution is -2.02. The Morgan fingerprint density at radius 3 is 2.45 bits per heavy atom. The zero-order chi connectivity index (χ0) is 15.7.